The first-order chi connectivity index (χ1) is 22.6. The van der Waals surface area contributed by atoms with Gasteiger partial charge in [0.15, 0.2) is 0 Å². The van der Waals surface area contributed by atoms with Gasteiger partial charge in [0, 0.05) is 29.6 Å². The number of hydrogen-bond acceptors (Lipinski definition) is 9. The van der Waals surface area contributed by atoms with Gasteiger partial charge in [-0.15, -0.1) is 0 Å². The molecule has 0 unspecified atom stereocenters. The SMILES string of the molecule is CCCCc1cc(Cl)ccc1[C@@H]1COc2ccc3cc2N(C1)C[C@@H]1CC[C@H]1[C@](O)(COS(C)(=O)=O)CCC[C@H](C)[C@@H](C)S(=O)(=O)NC3=O. The molecule has 48 heavy (non-hydrogen) atoms. The molecule has 0 spiro atoms. The number of sulfonamides is 1. The maximum atomic E-state index is 13.4. The van der Waals surface area contributed by atoms with Crippen LogP contribution < -0.4 is 14.4 Å². The topological polar surface area (TPSA) is 139 Å². The second-order valence-electron chi connectivity index (χ2n) is 14.1. The molecule has 10 nitrogen and oxygen atoms in total. The van der Waals surface area contributed by atoms with Crippen molar-refractivity contribution in [2.75, 3.05) is 37.5 Å². The molecular weight excluding hydrogens is 676 g/mol. The monoisotopic (exact) mass is 724 g/mol. The molecule has 3 aliphatic rings. The largest absolute Gasteiger partial charge is 0.491 e. The van der Waals surface area contributed by atoms with E-state index >= 15 is 0 Å². The van der Waals surface area contributed by atoms with Gasteiger partial charge in [0.25, 0.3) is 16.0 Å². The number of amides is 1. The Kier molecular flexibility index (Phi) is 11.4. The third-order valence-corrected chi connectivity index (χ3v) is 13.4. The van der Waals surface area contributed by atoms with Crippen LogP contribution in [0.3, 0.4) is 0 Å². The first-order valence-corrected chi connectivity index (χ1v) is 20.8. The summed E-state index contributed by atoms with van der Waals surface area (Å²) < 4.78 is 64.7. The van der Waals surface area contributed by atoms with Crippen molar-refractivity contribution in [1.82, 2.24) is 4.72 Å². The van der Waals surface area contributed by atoms with E-state index in [1.54, 1.807) is 32.0 Å². The van der Waals surface area contributed by atoms with E-state index in [0.717, 1.165) is 37.5 Å². The number of aryl methyl sites for hydroxylation is 1. The summed E-state index contributed by atoms with van der Waals surface area (Å²) in [7, 11) is -7.84. The number of halogens is 1. The third kappa shape index (κ3) is 8.49. The van der Waals surface area contributed by atoms with Gasteiger partial charge in [-0.3, -0.25) is 8.98 Å². The summed E-state index contributed by atoms with van der Waals surface area (Å²) >= 11 is 6.43. The highest BCUT2D eigenvalue weighted by Crippen LogP contribution is 2.47. The molecule has 13 heteroatoms. The van der Waals surface area contributed by atoms with Crippen molar-refractivity contribution in [2.45, 2.75) is 88.9 Å². The van der Waals surface area contributed by atoms with Crippen LogP contribution in [0.15, 0.2) is 36.4 Å². The van der Waals surface area contributed by atoms with Crippen LogP contribution in [0.4, 0.5) is 5.69 Å². The van der Waals surface area contributed by atoms with Crippen molar-refractivity contribution < 1.29 is 35.7 Å². The Labute approximate surface area is 290 Å². The third-order valence-electron chi connectivity index (χ3n) is 10.7. The van der Waals surface area contributed by atoms with Gasteiger partial charge in [-0.25, -0.2) is 13.1 Å². The summed E-state index contributed by atoms with van der Waals surface area (Å²) in [5.41, 5.74) is 1.76. The lowest BCUT2D eigenvalue weighted by Crippen LogP contribution is -2.53. The van der Waals surface area contributed by atoms with Gasteiger partial charge >= 0.3 is 0 Å². The Morgan fingerprint density at radius 1 is 1.12 bits per heavy atom. The Bertz CT molecular complexity index is 1700. The number of benzene rings is 2. The number of fused-ring (bicyclic) bond motifs is 2. The normalized spacial score (nSPS) is 29.5. The number of aliphatic hydroxyl groups is 1. The number of nitrogens with zero attached hydrogens (tertiary/aromatic N) is 1. The Hall–Kier alpha value is -2.38. The summed E-state index contributed by atoms with van der Waals surface area (Å²) in [6, 6.07) is 11.0. The van der Waals surface area contributed by atoms with Crippen molar-refractivity contribution in [2.24, 2.45) is 17.8 Å². The number of carbonyl (C=O) groups is 1. The van der Waals surface area contributed by atoms with Crippen molar-refractivity contribution in [1.29, 1.82) is 0 Å². The smallest absolute Gasteiger partial charge is 0.264 e. The number of rotatable bonds is 7. The zero-order valence-corrected chi connectivity index (χ0v) is 30.7. The van der Waals surface area contributed by atoms with Crippen LogP contribution in [-0.2, 0) is 30.7 Å². The predicted octanol–water partition coefficient (Wildman–Crippen LogP) is 5.67. The van der Waals surface area contributed by atoms with Crippen LogP contribution in [0.25, 0.3) is 0 Å². The highest BCUT2D eigenvalue weighted by molar-refractivity contribution is 7.90. The Morgan fingerprint density at radius 3 is 2.58 bits per heavy atom. The van der Waals surface area contributed by atoms with Crippen molar-refractivity contribution >= 4 is 43.3 Å². The fraction of sp³-hybridized carbons (Fsp3) is 0.629. The number of nitrogens with one attached hydrogen (secondary N) is 1. The maximum absolute atomic E-state index is 13.4. The van der Waals surface area contributed by atoms with Gasteiger partial charge < -0.3 is 14.7 Å². The minimum Gasteiger partial charge on any atom is -0.491 e. The molecule has 2 aromatic rings. The molecule has 266 valence electrons. The number of unbranched alkanes of at least 4 members (excludes halogenated alkanes) is 1. The molecule has 1 fully saturated rings. The van der Waals surface area contributed by atoms with Gasteiger partial charge in [0.1, 0.15) is 5.75 Å². The molecule has 2 bridgehead atoms. The van der Waals surface area contributed by atoms with Gasteiger partial charge in [-0.1, -0.05) is 44.4 Å². The summed E-state index contributed by atoms with van der Waals surface area (Å²) in [4.78, 5) is 15.6. The first kappa shape index (κ1) is 36.9. The minimum absolute atomic E-state index is 0.0108. The molecule has 2 N–H and O–H groups in total. The summed E-state index contributed by atoms with van der Waals surface area (Å²) in [6.07, 6.45) is 6.62. The van der Waals surface area contributed by atoms with E-state index in [1.165, 1.54) is 5.56 Å². The van der Waals surface area contributed by atoms with Crippen molar-refractivity contribution in [3.05, 3.63) is 58.1 Å². The number of ether oxygens (including phenoxy) is 1. The predicted molar refractivity (Wildman–Crippen MR) is 188 cm³/mol. The Balaban J connectivity index is 1.56. The van der Waals surface area contributed by atoms with Crippen molar-refractivity contribution in [3.63, 3.8) is 0 Å². The number of carbonyl (C=O) groups excluding carboxylic acids is 1. The van der Waals surface area contributed by atoms with Crippen LogP contribution in [0.1, 0.15) is 93.1 Å². The highest BCUT2D eigenvalue weighted by atomic mass is 35.5. The lowest BCUT2D eigenvalue weighted by atomic mass is 9.63. The van der Waals surface area contributed by atoms with Gasteiger partial charge in [-0.05, 0) is 105 Å². The number of hydrogen-bond donors (Lipinski definition) is 2. The van der Waals surface area contributed by atoms with E-state index in [1.807, 2.05) is 12.1 Å². The van der Waals surface area contributed by atoms with Crippen LogP contribution in [0.5, 0.6) is 5.75 Å². The number of anilines is 1. The molecule has 0 saturated heterocycles. The molecular formula is C35H49ClN2O8S2. The molecule has 2 aromatic carbocycles. The van der Waals surface area contributed by atoms with E-state index in [9.17, 15) is 26.7 Å². The molecule has 1 saturated carbocycles. The van der Waals surface area contributed by atoms with E-state index in [0.29, 0.717) is 55.4 Å². The molecule has 5 rings (SSSR count). The van der Waals surface area contributed by atoms with E-state index in [4.69, 9.17) is 20.5 Å². The first-order valence-electron chi connectivity index (χ1n) is 17.0. The van der Waals surface area contributed by atoms with Crippen LogP contribution in [-0.4, -0.2) is 71.3 Å². The van der Waals surface area contributed by atoms with Gasteiger partial charge in [0.2, 0.25) is 10.0 Å². The zero-order valence-electron chi connectivity index (χ0n) is 28.3. The van der Waals surface area contributed by atoms with Crippen LogP contribution in [0, 0.1) is 17.8 Å². The minimum atomic E-state index is -4.03. The fourth-order valence-electron chi connectivity index (χ4n) is 7.46. The average molecular weight is 725 g/mol. The average Bonchev–Trinajstić information content (AvgIpc) is 3.18. The molecule has 1 amide bonds. The molecule has 0 aromatic heterocycles. The lowest BCUT2D eigenvalue weighted by molar-refractivity contribution is -0.111. The van der Waals surface area contributed by atoms with E-state index in [-0.39, 0.29) is 42.3 Å². The van der Waals surface area contributed by atoms with Crippen LogP contribution in [0.2, 0.25) is 5.02 Å². The van der Waals surface area contributed by atoms with E-state index in [2.05, 4.69) is 22.6 Å². The standard InChI is InChI=1S/C35H49ClN2O8S2/c1-5-6-9-25-17-29(36)12-13-30(25)28-20-38-19-27-10-14-31(27)35(40,22-46-47(4,41)42)16-7-8-23(2)24(3)48(43,44)37-34(39)26-11-15-33(45-21-28)32(38)18-26/h11-13,15,17-18,23-24,27-28,31,40H,5-10,14,16,19-22H2,1-4H3,(H,37,39)/t23-,24+,27-,28-,31+,35+/m0/s1. The molecule has 6 atom stereocenters. The fourth-order valence-corrected chi connectivity index (χ4v) is 9.38. The maximum Gasteiger partial charge on any atom is 0.264 e. The molecule has 0 radical (unpaired) electrons. The zero-order chi connectivity index (χ0) is 34.9. The van der Waals surface area contributed by atoms with Gasteiger partial charge in [0.05, 0.1) is 36.0 Å². The van der Waals surface area contributed by atoms with Crippen LogP contribution >= 0.6 is 11.6 Å². The van der Waals surface area contributed by atoms with E-state index < -0.39 is 36.9 Å². The Morgan fingerprint density at radius 2 is 1.90 bits per heavy atom. The molecule has 2 aliphatic heterocycles. The highest BCUT2D eigenvalue weighted by Gasteiger charge is 2.48. The quantitative estimate of drug-likeness (QED) is 0.346. The second-order valence-corrected chi connectivity index (χ2v) is 18.2. The van der Waals surface area contributed by atoms with Crippen molar-refractivity contribution in [3.8, 4) is 5.75 Å². The summed E-state index contributed by atoms with van der Waals surface area (Å²) in [5.74, 6) is -0.719. The van der Waals surface area contributed by atoms with Gasteiger partial charge in [-0.2, -0.15) is 8.42 Å². The lowest BCUT2D eigenvalue weighted by Gasteiger charge is -2.49. The summed E-state index contributed by atoms with van der Waals surface area (Å²) in [5, 5.41) is 11.9. The molecule has 2 heterocycles. The second kappa shape index (κ2) is 14.8. The molecule has 1 aliphatic carbocycles. The summed E-state index contributed by atoms with van der Waals surface area (Å²) in [6.45, 7) is 6.63.